The van der Waals surface area contributed by atoms with E-state index in [1.807, 2.05) is 30.3 Å². The van der Waals surface area contributed by atoms with Gasteiger partial charge in [-0.25, -0.2) is 9.37 Å². The van der Waals surface area contributed by atoms with Crippen molar-refractivity contribution in [2.45, 2.75) is 6.42 Å². The van der Waals surface area contributed by atoms with Crippen LogP contribution < -0.4 is 5.32 Å². The third kappa shape index (κ3) is 3.92. The van der Waals surface area contributed by atoms with Gasteiger partial charge in [-0.2, -0.15) is 0 Å². The average molecular weight is 405 g/mol. The van der Waals surface area contributed by atoms with Crippen molar-refractivity contribution in [3.63, 3.8) is 0 Å². The molecule has 0 saturated heterocycles. The van der Waals surface area contributed by atoms with E-state index in [0.717, 1.165) is 5.56 Å². The highest BCUT2D eigenvalue weighted by Crippen LogP contribution is 2.33. The molecule has 30 heavy (non-hydrogen) atoms. The van der Waals surface area contributed by atoms with Gasteiger partial charge in [-0.15, -0.1) is 0 Å². The SMILES string of the molecule is COCCCNC(=O)c1cc(-c2ccccc2F)nc2onc(-c3ccccc3)c12. The lowest BCUT2D eigenvalue weighted by Gasteiger charge is -2.09. The van der Waals surface area contributed by atoms with Gasteiger partial charge in [-0.05, 0) is 24.6 Å². The summed E-state index contributed by atoms with van der Waals surface area (Å²) < 4.78 is 24.8. The van der Waals surface area contributed by atoms with Gasteiger partial charge in [0.1, 0.15) is 11.5 Å². The van der Waals surface area contributed by atoms with E-state index in [1.165, 1.54) is 6.07 Å². The minimum atomic E-state index is -0.432. The van der Waals surface area contributed by atoms with Crippen LogP contribution in [0.25, 0.3) is 33.6 Å². The van der Waals surface area contributed by atoms with Gasteiger partial charge in [0.2, 0.25) is 0 Å². The molecule has 152 valence electrons. The van der Waals surface area contributed by atoms with E-state index >= 15 is 0 Å². The molecule has 0 radical (unpaired) electrons. The largest absolute Gasteiger partial charge is 0.385 e. The number of hydrogen-bond acceptors (Lipinski definition) is 5. The van der Waals surface area contributed by atoms with E-state index in [0.29, 0.717) is 41.9 Å². The van der Waals surface area contributed by atoms with Crippen LogP contribution >= 0.6 is 0 Å². The number of carbonyl (C=O) groups is 1. The number of pyridine rings is 1. The number of halogens is 1. The van der Waals surface area contributed by atoms with Gasteiger partial charge in [-0.1, -0.05) is 47.6 Å². The number of rotatable bonds is 7. The molecule has 0 aliphatic rings. The first-order valence-corrected chi connectivity index (χ1v) is 9.57. The van der Waals surface area contributed by atoms with Crippen LogP contribution in [0.5, 0.6) is 0 Å². The number of amides is 1. The molecule has 2 heterocycles. The van der Waals surface area contributed by atoms with Crippen molar-refractivity contribution in [2.75, 3.05) is 20.3 Å². The number of nitrogens with zero attached hydrogens (tertiary/aromatic N) is 2. The summed E-state index contributed by atoms with van der Waals surface area (Å²) in [5, 5.41) is 7.51. The van der Waals surface area contributed by atoms with Gasteiger partial charge in [0.05, 0.1) is 16.6 Å². The van der Waals surface area contributed by atoms with Crippen LogP contribution in [0.4, 0.5) is 4.39 Å². The van der Waals surface area contributed by atoms with Gasteiger partial charge in [0.25, 0.3) is 11.6 Å². The minimum Gasteiger partial charge on any atom is -0.385 e. The van der Waals surface area contributed by atoms with Crippen LogP contribution in [-0.2, 0) is 4.74 Å². The molecule has 4 rings (SSSR count). The quantitative estimate of drug-likeness (QED) is 0.459. The Kier molecular flexibility index (Phi) is 5.81. The van der Waals surface area contributed by atoms with Gasteiger partial charge < -0.3 is 14.6 Å². The summed E-state index contributed by atoms with van der Waals surface area (Å²) in [6.45, 7) is 0.979. The molecular weight excluding hydrogens is 385 g/mol. The number of hydrogen-bond donors (Lipinski definition) is 1. The summed E-state index contributed by atoms with van der Waals surface area (Å²) in [4.78, 5) is 17.5. The van der Waals surface area contributed by atoms with Crippen molar-refractivity contribution in [3.05, 3.63) is 72.0 Å². The van der Waals surface area contributed by atoms with Gasteiger partial charge in [0, 0.05) is 31.4 Å². The molecule has 0 atom stereocenters. The second-order valence-corrected chi connectivity index (χ2v) is 6.71. The summed E-state index contributed by atoms with van der Waals surface area (Å²) in [6, 6.07) is 17.3. The first-order valence-electron chi connectivity index (χ1n) is 9.57. The third-order valence-corrected chi connectivity index (χ3v) is 4.70. The van der Waals surface area contributed by atoms with E-state index in [-0.39, 0.29) is 17.2 Å². The molecule has 0 bridgehead atoms. The first kappa shape index (κ1) is 19.7. The molecule has 0 aliphatic heterocycles. The van der Waals surface area contributed by atoms with E-state index in [1.54, 1.807) is 31.4 Å². The number of benzene rings is 2. The van der Waals surface area contributed by atoms with Crippen LogP contribution in [0.3, 0.4) is 0 Å². The maximum atomic E-state index is 14.4. The smallest absolute Gasteiger partial charge is 0.259 e. The molecule has 2 aromatic carbocycles. The molecule has 1 N–H and O–H groups in total. The van der Waals surface area contributed by atoms with Gasteiger partial charge in [-0.3, -0.25) is 4.79 Å². The molecule has 0 fully saturated rings. The average Bonchev–Trinajstić information content (AvgIpc) is 3.21. The lowest BCUT2D eigenvalue weighted by Crippen LogP contribution is -2.25. The minimum absolute atomic E-state index is 0.177. The number of ether oxygens (including phenoxy) is 1. The predicted octanol–water partition coefficient (Wildman–Crippen LogP) is 4.46. The van der Waals surface area contributed by atoms with E-state index in [4.69, 9.17) is 9.26 Å². The zero-order valence-electron chi connectivity index (χ0n) is 16.4. The maximum Gasteiger partial charge on any atom is 0.259 e. The molecule has 6 nitrogen and oxygen atoms in total. The predicted molar refractivity (Wildman–Crippen MR) is 111 cm³/mol. The molecule has 0 aliphatic carbocycles. The van der Waals surface area contributed by atoms with Crippen molar-refractivity contribution in [1.82, 2.24) is 15.5 Å². The van der Waals surface area contributed by atoms with Crippen LogP contribution in [0, 0.1) is 5.82 Å². The second kappa shape index (κ2) is 8.84. The summed E-state index contributed by atoms with van der Waals surface area (Å²) in [7, 11) is 1.61. The fourth-order valence-electron chi connectivity index (χ4n) is 3.24. The van der Waals surface area contributed by atoms with Crippen molar-refractivity contribution < 1.29 is 18.4 Å². The van der Waals surface area contributed by atoms with Crippen LogP contribution in [0.2, 0.25) is 0 Å². The van der Waals surface area contributed by atoms with Crippen LogP contribution in [0.15, 0.2) is 65.2 Å². The van der Waals surface area contributed by atoms with E-state index < -0.39 is 5.82 Å². The molecule has 7 heteroatoms. The maximum absolute atomic E-state index is 14.4. The van der Waals surface area contributed by atoms with Crippen molar-refractivity contribution in [3.8, 4) is 22.5 Å². The Labute approximate surface area is 172 Å². The van der Waals surface area contributed by atoms with E-state index in [9.17, 15) is 9.18 Å². The topological polar surface area (TPSA) is 77.2 Å². The molecule has 0 spiro atoms. The third-order valence-electron chi connectivity index (χ3n) is 4.70. The zero-order valence-corrected chi connectivity index (χ0v) is 16.4. The lowest BCUT2D eigenvalue weighted by molar-refractivity contribution is 0.0950. The number of nitrogens with one attached hydrogen (secondary N) is 1. The fourth-order valence-corrected chi connectivity index (χ4v) is 3.24. The Hall–Kier alpha value is -3.58. The van der Waals surface area contributed by atoms with Crippen molar-refractivity contribution >= 4 is 17.0 Å². The highest BCUT2D eigenvalue weighted by molar-refractivity contribution is 6.10. The Balaban J connectivity index is 1.84. The number of aromatic nitrogens is 2. The Morgan fingerprint density at radius 1 is 1.13 bits per heavy atom. The zero-order chi connectivity index (χ0) is 20.9. The van der Waals surface area contributed by atoms with Crippen LogP contribution in [0.1, 0.15) is 16.8 Å². The Bertz CT molecular complexity index is 1180. The van der Waals surface area contributed by atoms with Gasteiger partial charge >= 0.3 is 0 Å². The fraction of sp³-hybridized carbons (Fsp3) is 0.174. The van der Waals surface area contributed by atoms with Crippen molar-refractivity contribution in [1.29, 1.82) is 0 Å². The molecule has 1 amide bonds. The van der Waals surface area contributed by atoms with Crippen LogP contribution in [-0.4, -0.2) is 36.3 Å². The molecule has 0 saturated carbocycles. The second-order valence-electron chi connectivity index (χ2n) is 6.71. The van der Waals surface area contributed by atoms with E-state index in [2.05, 4.69) is 15.5 Å². The Morgan fingerprint density at radius 2 is 1.90 bits per heavy atom. The Morgan fingerprint density at radius 3 is 2.67 bits per heavy atom. The van der Waals surface area contributed by atoms with Gasteiger partial charge in [0.15, 0.2) is 0 Å². The normalized spacial score (nSPS) is 11.0. The standard InChI is InChI=1S/C23H20FN3O3/c1-29-13-7-12-25-22(28)17-14-19(16-10-5-6-11-18(16)24)26-23-20(17)21(27-30-23)15-8-3-2-4-9-15/h2-6,8-11,14H,7,12-13H2,1H3,(H,25,28). The summed E-state index contributed by atoms with van der Waals surface area (Å²) >= 11 is 0. The highest BCUT2D eigenvalue weighted by Gasteiger charge is 2.22. The monoisotopic (exact) mass is 405 g/mol. The number of fused-ring (bicyclic) bond motifs is 1. The molecule has 0 unspecified atom stereocenters. The molecule has 2 aromatic heterocycles. The summed E-state index contributed by atoms with van der Waals surface area (Å²) in [6.07, 6.45) is 0.672. The summed E-state index contributed by atoms with van der Waals surface area (Å²) in [5.41, 5.74) is 2.40. The lowest BCUT2D eigenvalue weighted by atomic mass is 10.0. The highest BCUT2D eigenvalue weighted by atomic mass is 19.1. The molecule has 4 aromatic rings. The number of carbonyl (C=O) groups excluding carboxylic acids is 1. The summed E-state index contributed by atoms with van der Waals surface area (Å²) in [5.74, 6) is -0.741. The van der Waals surface area contributed by atoms with Crippen molar-refractivity contribution in [2.24, 2.45) is 0 Å². The molecular formula is C23H20FN3O3. The number of methoxy groups -OCH3 is 1. The first-order chi connectivity index (χ1) is 14.7.